The maximum atomic E-state index is 13.5. The molecule has 8 heteroatoms. The van der Waals surface area contributed by atoms with Crippen molar-refractivity contribution in [2.75, 3.05) is 25.6 Å². The highest BCUT2D eigenvalue weighted by atomic mass is 32.1. The van der Waals surface area contributed by atoms with Crippen LogP contribution >= 0.6 is 11.7 Å². The molecule has 0 aliphatic heterocycles. The molecule has 0 aliphatic rings. The van der Waals surface area contributed by atoms with Gasteiger partial charge in [0.05, 0.1) is 24.5 Å². The molecule has 2 rings (SSSR count). The first-order chi connectivity index (χ1) is 9.69. The van der Waals surface area contributed by atoms with Crippen LogP contribution in [0, 0.1) is 5.82 Å². The maximum absolute atomic E-state index is 13.5. The molecule has 0 aliphatic carbocycles. The lowest BCUT2D eigenvalue weighted by atomic mass is 10.2. The SMILES string of the molecule is COc1ccc(F)c(NCC(O)COc2cnsn2)c1. The van der Waals surface area contributed by atoms with E-state index in [0.717, 1.165) is 11.7 Å². The fraction of sp³-hybridized carbons (Fsp3) is 0.333. The average molecular weight is 299 g/mol. The Kier molecular flexibility index (Phi) is 5.08. The molecule has 1 aromatic heterocycles. The maximum Gasteiger partial charge on any atom is 0.245 e. The summed E-state index contributed by atoms with van der Waals surface area (Å²) in [5, 5.41) is 12.5. The summed E-state index contributed by atoms with van der Waals surface area (Å²) in [5.74, 6) is 0.484. The summed E-state index contributed by atoms with van der Waals surface area (Å²) in [4.78, 5) is 0. The second kappa shape index (κ2) is 7.01. The third-order valence-electron chi connectivity index (χ3n) is 2.47. The van der Waals surface area contributed by atoms with Gasteiger partial charge in [-0.3, -0.25) is 0 Å². The number of halogens is 1. The summed E-state index contributed by atoms with van der Waals surface area (Å²) in [7, 11) is 1.50. The highest BCUT2D eigenvalue weighted by molar-refractivity contribution is 6.99. The van der Waals surface area contributed by atoms with E-state index in [2.05, 4.69) is 14.1 Å². The van der Waals surface area contributed by atoms with Crippen molar-refractivity contribution in [1.82, 2.24) is 8.75 Å². The molecule has 0 amide bonds. The number of aliphatic hydroxyl groups excluding tert-OH is 1. The van der Waals surface area contributed by atoms with Crippen LogP contribution in [0.4, 0.5) is 10.1 Å². The summed E-state index contributed by atoms with van der Waals surface area (Å²) in [6, 6.07) is 4.34. The molecule has 6 nitrogen and oxygen atoms in total. The lowest BCUT2D eigenvalue weighted by molar-refractivity contribution is 0.115. The molecule has 20 heavy (non-hydrogen) atoms. The number of rotatable bonds is 7. The van der Waals surface area contributed by atoms with Crippen LogP contribution in [0.5, 0.6) is 11.6 Å². The van der Waals surface area contributed by atoms with Gasteiger partial charge in [-0.15, -0.1) is 4.37 Å². The van der Waals surface area contributed by atoms with Crippen LogP contribution in [0.3, 0.4) is 0 Å². The van der Waals surface area contributed by atoms with E-state index in [1.165, 1.54) is 31.5 Å². The quantitative estimate of drug-likeness (QED) is 0.807. The number of hydrogen-bond acceptors (Lipinski definition) is 7. The average Bonchev–Trinajstić information content (AvgIpc) is 2.97. The number of aromatic nitrogens is 2. The molecule has 1 atom stereocenters. The van der Waals surface area contributed by atoms with Crippen LogP contribution in [0.15, 0.2) is 24.4 Å². The molecule has 108 valence electrons. The second-order valence-electron chi connectivity index (χ2n) is 3.94. The molecule has 0 radical (unpaired) electrons. The minimum absolute atomic E-state index is 0.0456. The monoisotopic (exact) mass is 299 g/mol. The summed E-state index contributed by atoms with van der Waals surface area (Å²) in [6.07, 6.45) is 0.661. The number of methoxy groups -OCH3 is 1. The first kappa shape index (κ1) is 14.5. The molecule has 0 saturated carbocycles. The Morgan fingerprint density at radius 2 is 2.35 bits per heavy atom. The predicted molar refractivity (Wildman–Crippen MR) is 72.9 cm³/mol. The number of aliphatic hydroxyl groups is 1. The van der Waals surface area contributed by atoms with Crippen LogP contribution < -0.4 is 14.8 Å². The van der Waals surface area contributed by atoms with Gasteiger partial charge in [0.1, 0.15) is 30.5 Å². The Balaban J connectivity index is 1.82. The second-order valence-corrected chi connectivity index (χ2v) is 4.49. The molecule has 0 saturated heterocycles. The first-order valence-corrected chi connectivity index (χ1v) is 6.58. The number of nitrogens with zero attached hydrogens (tertiary/aromatic N) is 2. The van der Waals surface area contributed by atoms with E-state index in [0.29, 0.717) is 11.6 Å². The predicted octanol–water partition coefficient (Wildman–Crippen LogP) is 1.54. The number of ether oxygens (including phenoxy) is 2. The third-order valence-corrected chi connectivity index (χ3v) is 2.93. The van der Waals surface area contributed by atoms with E-state index >= 15 is 0 Å². The summed E-state index contributed by atoms with van der Waals surface area (Å²) in [6.45, 7) is 0.186. The fourth-order valence-corrected chi connectivity index (χ4v) is 1.82. The van der Waals surface area contributed by atoms with Gasteiger partial charge in [0.2, 0.25) is 5.88 Å². The van der Waals surface area contributed by atoms with Gasteiger partial charge in [-0.1, -0.05) is 0 Å². The van der Waals surface area contributed by atoms with Gasteiger partial charge in [0.15, 0.2) is 0 Å². The van der Waals surface area contributed by atoms with Crippen molar-refractivity contribution < 1.29 is 19.0 Å². The summed E-state index contributed by atoms with van der Waals surface area (Å²) in [5.41, 5.74) is 0.263. The first-order valence-electron chi connectivity index (χ1n) is 5.85. The van der Waals surface area contributed by atoms with E-state index in [4.69, 9.17) is 9.47 Å². The molecular formula is C12H14FN3O3S. The van der Waals surface area contributed by atoms with Gasteiger partial charge < -0.3 is 19.9 Å². The van der Waals surface area contributed by atoms with Gasteiger partial charge in [0, 0.05) is 12.6 Å². The van der Waals surface area contributed by atoms with Crippen molar-refractivity contribution in [3.63, 3.8) is 0 Å². The highest BCUT2D eigenvalue weighted by Crippen LogP contribution is 2.20. The molecule has 0 bridgehead atoms. The minimum Gasteiger partial charge on any atom is -0.497 e. The summed E-state index contributed by atoms with van der Waals surface area (Å²) < 4.78 is 31.3. The van der Waals surface area contributed by atoms with Crippen molar-refractivity contribution in [3.05, 3.63) is 30.2 Å². The van der Waals surface area contributed by atoms with E-state index < -0.39 is 11.9 Å². The third kappa shape index (κ3) is 4.04. The lowest BCUT2D eigenvalue weighted by Gasteiger charge is -2.13. The number of nitrogens with one attached hydrogen (secondary N) is 1. The van der Waals surface area contributed by atoms with Crippen molar-refractivity contribution >= 4 is 17.4 Å². The molecule has 2 aromatic rings. The van der Waals surface area contributed by atoms with E-state index in [1.54, 1.807) is 0 Å². The van der Waals surface area contributed by atoms with E-state index in [-0.39, 0.29) is 18.8 Å². The molecule has 0 spiro atoms. The number of anilines is 1. The van der Waals surface area contributed by atoms with Gasteiger partial charge in [-0.2, -0.15) is 4.37 Å². The smallest absolute Gasteiger partial charge is 0.245 e. The van der Waals surface area contributed by atoms with Crippen LogP contribution in [0.2, 0.25) is 0 Å². The molecule has 0 fully saturated rings. The molecule has 1 unspecified atom stereocenters. The fourth-order valence-electron chi connectivity index (χ4n) is 1.45. The van der Waals surface area contributed by atoms with Crippen molar-refractivity contribution in [3.8, 4) is 11.6 Å². The number of benzene rings is 1. The lowest BCUT2D eigenvalue weighted by Crippen LogP contribution is -2.26. The summed E-state index contributed by atoms with van der Waals surface area (Å²) >= 11 is 1.02. The normalized spacial score (nSPS) is 11.9. The van der Waals surface area contributed by atoms with Crippen molar-refractivity contribution in [1.29, 1.82) is 0 Å². The van der Waals surface area contributed by atoms with Crippen LogP contribution in [0.25, 0.3) is 0 Å². The zero-order valence-corrected chi connectivity index (χ0v) is 11.6. The Labute approximate surface area is 119 Å². The Morgan fingerprint density at radius 3 is 3.05 bits per heavy atom. The zero-order valence-electron chi connectivity index (χ0n) is 10.7. The van der Waals surface area contributed by atoms with E-state index in [9.17, 15) is 9.50 Å². The zero-order chi connectivity index (χ0) is 14.4. The van der Waals surface area contributed by atoms with Crippen LogP contribution in [-0.2, 0) is 0 Å². The van der Waals surface area contributed by atoms with Crippen LogP contribution in [0.1, 0.15) is 0 Å². The van der Waals surface area contributed by atoms with Gasteiger partial charge in [0.25, 0.3) is 0 Å². The van der Waals surface area contributed by atoms with Crippen LogP contribution in [-0.4, -0.2) is 40.2 Å². The standard InChI is InChI=1S/C12H14FN3O3S/c1-18-9-2-3-10(13)11(4-9)14-5-8(17)7-19-12-6-15-20-16-12/h2-4,6,8,14,17H,5,7H2,1H3. The molecule has 2 N–H and O–H groups in total. The Hall–Kier alpha value is -1.93. The Morgan fingerprint density at radius 1 is 1.50 bits per heavy atom. The van der Waals surface area contributed by atoms with Crippen molar-refractivity contribution in [2.24, 2.45) is 0 Å². The highest BCUT2D eigenvalue weighted by Gasteiger charge is 2.09. The topological polar surface area (TPSA) is 76.5 Å². The largest absolute Gasteiger partial charge is 0.497 e. The van der Waals surface area contributed by atoms with Gasteiger partial charge >= 0.3 is 0 Å². The Bertz CT molecular complexity index is 539. The van der Waals surface area contributed by atoms with E-state index in [1.807, 2.05) is 0 Å². The molecule has 1 heterocycles. The molecular weight excluding hydrogens is 285 g/mol. The molecule has 1 aromatic carbocycles. The van der Waals surface area contributed by atoms with Crippen molar-refractivity contribution in [2.45, 2.75) is 6.10 Å². The van der Waals surface area contributed by atoms with Gasteiger partial charge in [-0.25, -0.2) is 4.39 Å². The minimum atomic E-state index is -0.803. The number of hydrogen-bond donors (Lipinski definition) is 2. The van der Waals surface area contributed by atoms with Gasteiger partial charge in [-0.05, 0) is 12.1 Å².